The summed E-state index contributed by atoms with van der Waals surface area (Å²) >= 11 is 4.30. The first-order valence-corrected chi connectivity index (χ1v) is 8.68. The maximum absolute atomic E-state index is 4.69. The van der Waals surface area contributed by atoms with Crippen molar-refractivity contribution in [1.29, 1.82) is 0 Å². The molecule has 0 saturated carbocycles. The molecule has 0 N–H and O–H groups in total. The van der Waals surface area contributed by atoms with E-state index in [1.54, 1.807) is 17.7 Å². The molecule has 0 heterocycles. The molecule has 92 valence electrons. The largest absolute Gasteiger partial charge is 0.280 e. The minimum absolute atomic E-state index is 0.385. The molecule has 0 unspecified atom stereocenters. The van der Waals surface area contributed by atoms with E-state index in [9.17, 15) is 0 Å². The molecule has 0 aromatic rings. The van der Waals surface area contributed by atoms with Gasteiger partial charge in [-0.05, 0) is 6.92 Å². The van der Waals surface area contributed by atoms with E-state index in [-0.39, 0.29) is 23.2 Å². The van der Waals surface area contributed by atoms with Crippen molar-refractivity contribution in [3.63, 3.8) is 0 Å². The smallest absolute Gasteiger partial charge is 0.0654 e. The van der Waals surface area contributed by atoms with Gasteiger partial charge in [0.1, 0.15) is 0 Å². The van der Waals surface area contributed by atoms with Crippen LogP contribution in [0.2, 0.25) is 0 Å². The molecule has 0 aromatic heterocycles. The van der Waals surface area contributed by atoms with Crippen molar-refractivity contribution in [3.05, 3.63) is 42.0 Å². The summed E-state index contributed by atoms with van der Waals surface area (Å²) in [6, 6.07) is 0. The fraction of sp³-hybridized carbons (Fsp3) is 0.429. The van der Waals surface area contributed by atoms with Crippen LogP contribution in [0.25, 0.3) is 0 Å². The van der Waals surface area contributed by atoms with Gasteiger partial charge < -0.3 is 0 Å². The second-order valence-electron chi connectivity index (χ2n) is 4.06. The second-order valence-corrected chi connectivity index (χ2v) is 7.86. The Hall–Kier alpha value is 0.0931. The maximum atomic E-state index is 4.69. The van der Waals surface area contributed by atoms with E-state index in [2.05, 4.69) is 54.3 Å². The summed E-state index contributed by atoms with van der Waals surface area (Å²) in [6.07, 6.45) is 11.7. The van der Waals surface area contributed by atoms with Gasteiger partial charge in [-0.2, -0.15) is 0 Å². The van der Waals surface area contributed by atoms with Crippen molar-refractivity contribution in [2.24, 2.45) is 0 Å². The zero-order valence-electron chi connectivity index (χ0n) is 10.7. The topological polar surface area (TPSA) is 9.23 Å². The molecule has 0 spiro atoms. The average molecular weight is 330 g/mol. The van der Waals surface area contributed by atoms with E-state index in [1.807, 2.05) is 6.92 Å². The van der Waals surface area contributed by atoms with Crippen LogP contribution in [0.15, 0.2) is 42.0 Å². The van der Waals surface area contributed by atoms with Gasteiger partial charge in [-0.25, -0.2) is 0 Å². The number of allylic oxidation sites excluding steroid dienone is 8. The first kappa shape index (κ1) is 15.2. The molecule has 0 saturated heterocycles. The van der Waals surface area contributed by atoms with Crippen LogP contribution in [0.1, 0.15) is 33.6 Å². The summed E-state index contributed by atoms with van der Waals surface area (Å²) in [7, 11) is 0. The van der Waals surface area contributed by atoms with Gasteiger partial charge in [-0.3, -0.25) is 4.29 Å². The van der Waals surface area contributed by atoms with Gasteiger partial charge in [0.2, 0.25) is 0 Å². The fourth-order valence-electron chi connectivity index (χ4n) is 1.71. The van der Waals surface area contributed by atoms with Crippen LogP contribution >= 0.6 is 11.9 Å². The summed E-state index contributed by atoms with van der Waals surface area (Å²) in [4.78, 5) is 0. The van der Waals surface area contributed by atoms with Crippen molar-refractivity contribution in [1.82, 2.24) is 0 Å². The van der Waals surface area contributed by atoms with Gasteiger partial charge in [0.25, 0.3) is 0 Å². The number of halogens is 1. The fourth-order valence-corrected chi connectivity index (χ4v) is 5.07. The minimum atomic E-state index is -0.385. The Morgan fingerprint density at radius 1 is 1.12 bits per heavy atom. The average Bonchev–Trinajstić information content (AvgIpc) is 2.91. The first-order valence-electron chi connectivity index (χ1n) is 5.92. The van der Waals surface area contributed by atoms with E-state index in [0.29, 0.717) is 6.61 Å². The number of hydrogen-bond donors (Lipinski definition) is 0. The maximum Gasteiger partial charge on any atom is 0.0654 e. The molecular weight excluding hydrogens is 311 g/mol. The third-order valence-corrected chi connectivity index (χ3v) is 7.39. The third kappa shape index (κ3) is 5.08. The van der Waals surface area contributed by atoms with E-state index in [4.69, 9.17) is 0 Å². The summed E-state index contributed by atoms with van der Waals surface area (Å²) in [5.74, 6) is 0. The van der Waals surface area contributed by atoms with Crippen LogP contribution < -0.4 is 0 Å². The monoisotopic (exact) mass is 328 g/mol. The summed E-state index contributed by atoms with van der Waals surface area (Å²) in [6.45, 7) is 6.93. The van der Waals surface area contributed by atoms with Crippen molar-refractivity contribution < 1.29 is 27.5 Å². The Kier molecular flexibility index (Phi) is 7.34. The van der Waals surface area contributed by atoms with E-state index >= 15 is 0 Å². The molecule has 0 bridgehead atoms. The van der Waals surface area contributed by atoms with Gasteiger partial charge in [-0.1, -0.05) is 0 Å². The molecule has 2 aliphatic carbocycles. The Morgan fingerprint density at radius 2 is 1.53 bits per heavy atom. The molecule has 0 fully saturated rings. The molecule has 0 aliphatic heterocycles. The van der Waals surface area contributed by atoms with Crippen LogP contribution in [-0.4, -0.2) is 6.61 Å². The predicted octanol–water partition coefficient (Wildman–Crippen LogP) is 4.71. The first-order chi connectivity index (χ1) is 8.19. The molecule has 0 radical (unpaired) electrons. The second kappa shape index (κ2) is 8.24. The van der Waals surface area contributed by atoms with Gasteiger partial charge in [0, 0.05) is 0 Å². The van der Waals surface area contributed by atoms with E-state index < -0.39 is 0 Å². The predicted molar refractivity (Wildman–Crippen MR) is 70.4 cm³/mol. The standard InChI is InChI=1S/2C6H7.C2H5ClO.Zr/c2*1-6-4-2-3-5-6;1-2-4-3;/h2*2,4H,3H2,1H3;2H2,1H3;. The Bertz CT molecular complexity index is 342. The summed E-state index contributed by atoms with van der Waals surface area (Å²) in [5.41, 5.74) is 3.11. The molecule has 2 aliphatic rings. The molecule has 0 amide bonds. The van der Waals surface area contributed by atoms with E-state index in [1.165, 1.54) is 12.8 Å². The summed E-state index contributed by atoms with van der Waals surface area (Å²) in [5, 5.41) is 0. The third-order valence-electron chi connectivity index (χ3n) is 2.74. The molecule has 0 atom stereocenters. The molecule has 3 heteroatoms. The molecule has 2 rings (SSSR count). The number of hydrogen-bond acceptors (Lipinski definition) is 1. The van der Waals surface area contributed by atoms with Crippen LogP contribution in [0.3, 0.4) is 0 Å². The van der Waals surface area contributed by atoms with Gasteiger partial charge >= 0.3 is 91.9 Å². The molecule has 17 heavy (non-hydrogen) atoms. The summed E-state index contributed by atoms with van der Waals surface area (Å²) < 4.78 is 7.57. The molecular formula is C14H19ClOZr. The van der Waals surface area contributed by atoms with Crippen LogP contribution in [-0.2, 0) is 27.5 Å². The Labute approximate surface area is 121 Å². The van der Waals surface area contributed by atoms with Gasteiger partial charge in [0.05, 0.1) is 18.5 Å². The quantitative estimate of drug-likeness (QED) is 0.728. The Morgan fingerprint density at radius 3 is 1.76 bits per heavy atom. The normalized spacial score (nSPS) is 17.6. The van der Waals surface area contributed by atoms with E-state index in [0.717, 1.165) is 0 Å². The SMILES string of the molecule is CC1=[C]([Zr][C]2=C(C)C=CC2)CC=C1.CCOCl. The van der Waals surface area contributed by atoms with Crippen LogP contribution in [0.5, 0.6) is 0 Å². The molecule has 0 aromatic carbocycles. The van der Waals surface area contributed by atoms with Crippen molar-refractivity contribution in [2.75, 3.05) is 6.61 Å². The zero-order valence-corrected chi connectivity index (χ0v) is 13.9. The van der Waals surface area contributed by atoms with Crippen molar-refractivity contribution in [2.45, 2.75) is 33.6 Å². The van der Waals surface area contributed by atoms with Crippen LogP contribution in [0.4, 0.5) is 0 Å². The van der Waals surface area contributed by atoms with Crippen molar-refractivity contribution >= 4 is 11.9 Å². The van der Waals surface area contributed by atoms with Crippen molar-refractivity contribution in [3.8, 4) is 0 Å². The molecule has 1 nitrogen and oxygen atoms in total. The van der Waals surface area contributed by atoms with Gasteiger partial charge in [0.15, 0.2) is 0 Å². The van der Waals surface area contributed by atoms with Crippen LogP contribution in [0, 0.1) is 0 Å². The number of rotatable bonds is 3. The minimum Gasteiger partial charge on any atom is -0.280 e. The Balaban J connectivity index is 0.000000317. The zero-order chi connectivity index (χ0) is 12.7. The van der Waals surface area contributed by atoms with Gasteiger partial charge in [-0.15, -0.1) is 0 Å².